The first-order chi connectivity index (χ1) is 6.97. The summed E-state index contributed by atoms with van der Waals surface area (Å²) in [5.74, 6) is 0. The molecule has 0 atom stereocenters. The van der Waals surface area contributed by atoms with Gasteiger partial charge in [-0.25, -0.2) is 0 Å². The van der Waals surface area contributed by atoms with Crippen LogP contribution in [0, 0.1) is 0 Å². The molecule has 0 fully saturated rings. The monoisotopic (exact) mass is 251 g/mol. The summed E-state index contributed by atoms with van der Waals surface area (Å²) in [7, 11) is -3.06. The predicted octanol–water partition coefficient (Wildman–Crippen LogP) is 3.16. The molecule has 0 aromatic heterocycles. The Kier molecular flexibility index (Phi) is 5.67. The Morgan fingerprint density at radius 3 is 1.62 bits per heavy atom. The molecule has 0 aromatic rings. The van der Waals surface area contributed by atoms with Crippen molar-refractivity contribution in [3.05, 3.63) is 0 Å². The summed E-state index contributed by atoms with van der Waals surface area (Å²) in [6.45, 7) is 11.7. The molecule has 0 aromatic carbocycles. The van der Waals surface area contributed by atoms with E-state index in [1.54, 1.807) is 0 Å². The van der Waals surface area contributed by atoms with E-state index in [2.05, 4.69) is 0 Å². The fourth-order valence-electron chi connectivity index (χ4n) is 1.23. The third-order valence-electron chi connectivity index (χ3n) is 1.46. The number of hydrogen-bond donors (Lipinski definition) is 1. The zero-order valence-electron chi connectivity index (χ0n) is 11.4. The van der Waals surface area contributed by atoms with Crippen LogP contribution in [0.15, 0.2) is 0 Å². The smallest absolute Gasteiger partial charge is 0.330 e. The van der Waals surface area contributed by atoms with Gasteiger partial charge < -0.3 is 14.8 Å². The highest BCUT2D eigenvalue weighted by Crippen LogP contribution is 2.54. The molecule has 0 spiro atoms. The van der Waals surface area contributed by atoms with Crippen molar-refractivity contribution in [2.24, 2.45) is 5.73 Å². The van der Waals surface area contributed by atoms with Crippen LogP contribution >= 0.6 is 7.60 Å². The summed E-state index contributed by atoms with van der Waals surface area (Å²) >= 11 is 0. The van der Waals surface area contributed by atoms with Crippen LogP contribution in [-0.4, -0.2) is 23.9 Å². The van der Waals surface area contributed by atoms with Crippen LogP contribution in [0.5, 0.6) is 0 Å². The summed E-state index contributed by atoms with van der Waals surface area (Å²) in [6.07, 6.45) is 1.02. The third-order valence-corrected chi connectivity index (χ3v) is 3.98. The fourth-order valence-corrected chi connectivity index (χ4v) is 3.69. The van der Waals surface area contributed by atoms with Crippen LogP contribution in [0.25, 0.3) is 0 Å². The Morgan fingerprint density at radius 1 is 1.00 bits per heavy atom. The highest BCUT2D eigenvalue weighted by Gasteiger charge is 2.34. The molecule has 98 valence electrons. The molecule has 5 heteroatoms. The summed E-state index contributed by atoms with van der Waals surface area (Å²) in [6, 6.07) is 0. The van der Waals surface area contributed by atoms with E-state index in [9.17, 15) is 4.57 Å². The van der Waals surface area contributed by atoms with E-state index in [0.29, 0.717) is 19.1 Å². The Morgan fingerprint density at radius 2 is 1.38 bits per heavy atom. The summed E-state index contributed by atoms with van der Waals surface area (Å²) in [5.41, 5.74) is 4.48. The Labute approximate surface area is 99.4 Å². The minimum Gasteiger partial charge on any atom is -0.330 e. The van der Waals surface area contributed by atoms with Gasteiger partial charge in [0, 0.05) is 0 Å². The summed E-state index contributed by atoms with van der Waals surface area (Å²) < 4.78 is 23.7. The van der Waals surface area contributed by atoms with Gasteiger partial charge in [0.25, 0.3) is 0 Å². The second kappa shape index (κ2) is 5.63. The molecule has 16 heavy (non-hydrogen) atoms. The maximum absolute atomic E-state index is 12.5. The number of nitrogens with two attached hydrogens (primary N) is 1. The average molecular weight is 251 g/mol. The maximum Gasteiger partial charge on any atom is 0.331 e. The van der Waals surface area contributed by atoms with Gasteiger partial charge in [0.15, 0.2) is 0 Å². The number of rotatable bonds is 5. The van der Waals surface area contributed by atoms with Gasteiger partial charge in [-0.05, 0) is 54.5 Å². The Balaban J connectivity index is 4.69. The van der Waals surface area contributed by atoms with Crippen LogP contribution in [0.3, 0.4) is 0 Å². The molecule has 0 amide bonds. The molecule has 0 saturated heterocycles. The van der Waals surface area contributed by atoms with Crippen LogP contribution < -0.4 is 5.73 Å². The lowest BCUT2D eigenvalue weighted by Gasteiger charge is -2.32. The first kappa shape index (κ1) is 16.1. The zero-order chi connectivity index (χ0) is 13.0. The number of hydrogen-bond acceptors (Lipinski definition) is 4. The summed E-state index contributed by atoms with van der Waals surface area (Å²) in [4.78, 5) is 0. The van der Waals surface area contributed by atoms with Crippen molar-refractivity contribution in [3.8, 4) is 0 Å². The fraction of sp³-hybridized carbons (Fsp3) is 1.00. The minimum atomic E-state index is -3.06. The standard InChI is InChI=1S/C11H26NO3P/c1-10(2,3)14-16(13,9-7-8-12)15-11(4,5)6/h7-9,12H2,1-6H3. The lowest BCUT2D eigenvalue weighted by molar-refractivity contribution is 0.0492. The molecule has 0 unspecified atom stereocenters. The Bertz CT molecular complexity index is 233. The van der Waals surface area contributed by atoms with Gasteiger partial charge in [0.2, 0.25) is 0 Å². The van der Waals surface area contributed by atoms with Gasteiger partial charge in [-0.3, -0.25) is 4.57 Å². The minimum absolute atomic E-state index is 0.373. The lowest BCUT2D eigenvalue weighted by atomic mass is 10.2. The Hall–Kier alpha value is 0.110. The van der Waals surface area contributed by atoms with Crippen molar-refractivity contribution in [2.45, 2.75) is 59.2 Å². The molecular formula is C11H26NO3P. The molecule has 0 aliphatic carbocycles. The molecule has 0 bridgehead atoms. The second-order valence-electron chi connectivity index (χ2n) is 5.88. The summed E-state index contributed by atoms with van der Waals surface area (Å²) in [5, 5.41) is 0. The van der Waals surface area contributed by atoms with Crippen LogP contribution in [0.4, 0.5) is 0 Å². The van der Waals surface area contributed by atoms with Gasteiger partial charge in [0.1, 0.15) is 0 Å². The van der Waals surface area contributed by atoms with E-state index in [0.717, 1.165) is 0 Å². The van der Waals surface area contributed by atoms with Crippen LogP contribution in [-0.2, 0) is 13.6 Å². The molecule has 0 aliphatic rings. The van der Waals surface area contributed by atoms with Crippen molar-refractivity contribution < 1.29 is 13.6 Å². The van der Waals surface area contributed by atoms with Crippen molar-refractivity contribution in [2.75, 3.05) is 12.7 Å². The van der Waals surface area contributed by atoms with Crippen molar-refractivity contribution in [3.63, 3.8) is 0 Å². The predicted molar refractivity (Wildman–Crippen MR) is 67.8 cm³/mol. The molecule has 0 radical (unpaired) electrons. The zero-order valence-corrected chi connectivity index (χ0v) is 12.3. The van der Waals surface area contributed by atoms with Crippen molar-refractivity contribution in [1.82, 2.24) is 0 Å². The normalized spacial score (nSPS) is 14.2. The van der Waals surface area contributed by atoms with Crippen molar-refractivity contribution in [1.29, 1.82) is 0 Å². The van der Waals surface area contributed by atoms with Gasteiger partial charge in [-0.2, -0.15) is 0 Å². The largest absolute Gasteiger partial charge is 0.331 e. The molecule has 0 saturated carbocycles. The average Bonchev–Trinajstić information content (AvgIpc) is 1.93. The van der Waals surface area contributed by atoms with Gasteiger partial charge in [-0.15, -0.1) is 0 Å². The van der Waals surface area contributed by atoms with Gasteiger partial charge >= 0.3 is 7.60 Å². The third kappa shape index (κ3) is 8.28. The topological polar surface area (TPSA) is 61.5 Å². The van der Waals surface area contributed by atoms with Crippen LogP contribution in [0.1, 0.15) is 48.0 Å². The quantitative estimate of drug-likeness (QED) is 0.762. The van der Waals surface area contributed by atoms with E-state index in [1.807, 2.05) is 41.5 Å². The molecule has 0 rings (SSSR count). The van der Waals surface area contributed by atoms with E-state index in [1.165, 1.54) is 0 Å². The molecule has 0 heterocycles. The first-order valence-corrected chi connectivity index (χ1v) is 7.41. The van der Waals surface area contributed by atoms with Crippen LogP contribution in [0.2, 0.25) is 0 Å². The highest BCUT2D eigenvalue weighted by molar-refractivity contribution is 7.53. The van der Waals surface area contributed by atoms with E-state index in [-0.39, 0.29) is 0 Å². The SMILES string of the molecule is CC(C)(C)OP(=O)(CCCN)OC(C)(C)C. The first-order valence-electron chi connectivity index (χ1n) is 5.68. The van der Waals surface area contributed by atoms with E-state index in [4.69, 9.17) is 14.8 Å². The molecule has 0 aliphatic heterocycles. The van der Waals surface area contributed by atoms with Gasteiger partial charge in [0.05, 0.1) is 17.4 Å². The maximum atomic E-state index is 12.5. The van der Waals surface area contributed by atoms with Crippen molar-refractivity contribution >= 4 is 7.60 Å². The molecular weight excluding hydrogens is 225 g/mol. The molecule has 4 nitrogen and oxygen atoms in total. The van der Waals surface area contributed by atoms with E-state index >= 15 is 0 Å². The molecule has 2 N–H and O–H groups in total. The highest BCUT2D eigenvalue weighted by atomic mass is 31.2. The lowest BCUT2D eigenvalue weighted by Crippen LogP contribution is -2.25. The van der Waals surface area contributed by atoms with Gasteiger partial charge in [-0.1, -0.05) is 0 Å². The van der Waals surface area contributed by atoms with E-state index < -0.39 is 18.8 Å². The second-order valence-corrected chi connectivity index (χ2v) is 7.92.